The van der Waals surface area contributed by atoms with Crippen LogP contribution < -0.4 is 5.43 Å². The van der Waals surface area contributed by atoms with E-state index in [0.717, 1.165) is 10.0 Å². The summed E-state index contributed by atoms with van der Waals surface area (Å²) in [6, 6.07) is 10.8. The number of hydrogen-bond acceptors (Lipinski definition) is 5. The Bertz CT molecular complexity index is 686. The summed E-state index contributed by atoms with van der Waals surface area (Å²) >= 11 is 3.34. The van der Waals surface area contributed by atoms with Gasteiger partial charge in [-0.15, -0.1) is 0 Å². The minimum absolute atomic E-state index is 0.213. The molecule has 20 heavy (non-hydrogen) atoms. The number of nitrogens with zero attached hydrogens (tertiary/aromatic N) is 5. The molecule has 0 unspecified atom stereocenters. The quantitative estimate of drug-likeness (QED) is 0.689. The van der Waals surface area contributed by atoms with E-state index in [-0.39, 0.29) is 5.71 Å². The van der Waals surface area contributed by atoms with Gasteiger partial charge in [0.25, 0.3) is 0 Å². The molecule has 1 heterocycles. The molecule has 2 aromatic rings. The molecule has 0 saturated carbocycles. The van der Waals surface area contributed by atoms with Crippen molar-refractivity contribution in [1.82, 2.24) is 9.78 Å². The van der Waals surface area contributed by atoms with Crippen LogP contribution in [-0.2, 0) is 6.54 Å². The van der Waals surface area contributed by atoms with Crippen LogP contribution >= 0.6 is 15.9 Å². The Morgan fingerprint density at radius 1 is 1.30 bits per heavy atom. The van der Waals surface area contributed by atoms with Crippen molar-refractivity contribution in [3.63, 3.8) is 0 Å². The van der Waals surface area contributed by atoms with E-state index in [1.807, 2.05) is 35.1 Å². The van der Waals surface area contributed by atoms with Crippen LogP contribution in [0, 0.1) is 22.7 Å². The normalized spacial score (nSPS) is 9.35. The first-order chi connectivity index (χ1) is 9.71. The van der Waals surface area contributed by atoms with Gasteiger partial charge < -0.3 is 0 Å². The smallest absolute Gasteiger partial charge is 0.237 e. The molecule has 0 fully saturated rings. The first-order valence-corrected chi connectivity index (χ1v) is 6.41. The fraction of sp³-hybridized carbons (Fsp3) is 0.0769. The van der Waals surface area contributed by atoms with Gasteiger partial charge in [0, 0.05) is 6.20 Å². The van der Waals surface area contributed by atoms with Crippen LogP contribution in [0.4, 0.5) is 5.69 Å². The second-order valence-electron chi connectivity index (χ2n) is 3.85. The van der Waals surface area contributed by atoms with Gasteiger partial charge in [0.2, 0.25) is 5.71 Å². The molecule has 0 radical (unpaired) electrons. The highest BCUT2D eigenvalue weighted by molar-refractivity contribution is 9.10. The summed E-state index contributed by atoms with van der Waals surface area (Å²) in [5.41, 5.74) is 4.23. The number of rotatable bonds is 4. The van der Waals surface area contributed by atoms with E-state index in [4.69, 9.17) is 10.5 Å². The van der Waals surface area contributed by atoms with Gasteiger partial charge in [-0.2, -0.15) is 20.7 Å². The number of halogens is 1. The van der Waals surface area contributed by atoms with E-state index in [0.29, 0.717) is 12.2 Å². The largest absolute Gasteiger partial charge is 0.277 e. The molecule has 7 heteroatoms. The lowest BCUT2D eigenvalue weighted by Gasteiger charge is -2.04. The van der Waals surface area contributed by atoms with Gasteiger partial charge in [-0.25, -0.2) is 0 Å². The third kappa shape index (κ3) is 3.67. The zero-order valence-corrected chi connectivity index (χ0v) is 11.9. The van der Waals surface area contributed by atoms with Gasteiger partial charge >= 0.3 is 0 Å². The van der Waals surface area contributed by atoms with Gasteiger partial charge in [0.1, 0.15) is 12.1 Å². The zero-order valence-electron chi connectivity index (χ0n) is 10.3. The van der Waals surface area contributed by atoms with Crippen molar-refractivity contribution in [2.75, 3.05) is 5.43 Å². The molecule has 1 aromatic carbocycles. The average molecular weight is 329 g/mol. The van der Waals surface area contributed by atoms with Crippen molar-refractivity contribution >= 4 is 27.3 Å². The summed E-state index contributed by atoms with van der Waals surface area (Å²) in [5, 5.41) is 25.0. The Balaban J connectivity index is 2.02. The van der Waals surface area contributed by atoms with Crippen LogP contribution in [0.3, 0.4) is 0 Å². The summed E-state index contributed by atoms with van der Waals surface area (Å²) in [7, 11) is 0. The summed E-state index contributed by atoms with van der Waals surface area (Å²) in [6.45, 7) is 0.663. The number of hydrogen-bond donors (Lipinski definition) is 1. The van der Waals surface area contributed by atoms with Gasteiger partial charge in [0.15, 0.2) is 0 Å². The molecule has 0 aliphatic heterocycles. The Morgan fingerprint density at radius 2 is 2.00 bits per heavy atom. The molecular weight excluding hydrogens is 320 g/mol. The van der Waals surface area contributed by atoms with Gasteiger partial charge in [-0.05, 0) is 33.6 Å². The second-order valence-corrected chi connectivity index (χ2v) is 4.76. The first-order valence-electron chi connectivity index (χ1n) is 5.62. The molecule has 0 spiro atoms. The van der Waals surface area contributed by atoms with Crippen molar-refractivity contribution in [3.8, 4) is 12.1 Å². The number of nitrogens with one attached hydrogen (secondary N) is 1. The third-order valence-electron chi connectivity index (χ3n) is 2.41. The molecule has 1 aromatic heterocycles. The molecule has 0 atom stereocenters. The molecule has 2 rings (SSSR count). The molecule has 1 N–H and O–H groups in total. The highest BCUT2D eigenvalue weighted by Gasteiger charge is 1.99. The first kappa shape index (κ1) is 13.8. The molecule has 6 nitrogen and oxygen atoms in total. The molecule has 98 valence electrons. The lowest BCUT2D eigenvalue weighted by atomic mass is 10.2. The molecular formula is C13H9BrN6. The Kier molecular flexibility index (Phi) is 4.48. The van der Waals surface area contributed by atoms with Crippen LogP contribution in [0.1, 0.15) is 5.56 Å². The van der Waals surface area contributed by atoms with Crippen molar-refractivity contribution in [3.05, 3.63) is 46.7 Å². The fourth-order valence-corrected chi connectivity index (χ4v) is 1.82. The van der Waals surface area contributed by atoms with E-state index >= 15 is 0 Å². The van der Waals surface area contributed by atoms with Crippen LogP contribution in [0.2, 0.25) is 0 Å². The van der Waals surface area contributed by atoms with Gasteiger partial charge in [0.05, 0.1) is 22.9 Å². The lowest BCUT2D eigenvalue weighted by Crippen LogP contribution is -2.00. The van der Waals surface area contributed by atoms with E-state index < -0.39 is 0 Å². The van der Waals surface area contributed by atoms with Gasteiger partial charge in [-0.3, -0.25) is 10.1 Å². The van der Waals surface area contributed by atoms with Gasteiger partial charge in [-0.1, -0.05) is 12.1 Å². The molecule has 0 bridgehead atoms. The number of nitriles is 2. The van der Waals surface area contributed by atoms with E-state index in [9.17, 15) is 0 Å². The minimum Gasteiger partial charge on any atom is -0.277 e. The van der Waals surface area contributed by atoms with E-state index in [1.165, 1.54) is 0 Å². The van der Waals surface area contributed by atoms with Crippen molar-refractivity contribution < 1.29 is 0 Å². The highest BCUT2D eigenvalue weighted by Crippen LogP contribution is 2.12. The van der Waals surface area contributed by atoms with Crippen LogP contribution in [-0.4, -0.2) is 15.5 Å². The van der Waals surface area contributed by atoms with E-state index in [1.54, 1.807) is 18.3 Å². The summed E-state index contributed by atoms with van der Waals surface area (Å²) in [4.78, 5) is 0. The van der Waals surface area contributed by atoms with Crippen LogP contribution in [0.15, 0.2) is 46.2 Å². The lowest BCUT2D eigenvalue weighted by molar-refractivity contribution is 0.686. The zero-order chi connectivity index (χ0) is 14.4. The average Bonchev–Trinajstić information content (AvgIpc) is 2.87. The summed E-state index contributed by atoms with van der Waals surface area (Å²) < 4.78 is 2.75. The maximum Gasteiger partial charge on any atom is 0.237 e. The number of aromatic nitrogens is 2. The molecule has 0 aliphatic rings. The maximum atomic E-state index is 8.56. The van der Waals surface area contributed by atoms with Crippen LogP contribution in [0.5, 0.6) is 0 Å². The molecule has 0 aliphatic carbocycles. The summed E-state index contributed by atoms with van der Waals surface area (Å²) in [5.74, 6) is 0. The Hall–Kier alpha value is -2.64. The SMILES string of the molecule is N#CC(C#N)=NNc1ccc(Cn2cc(Br)cn2)cc1. The molecule has 0 amide bonds. The van der Waals surface area contributed by atoms with Crippen molar-refractivity contribution in [1.29, 1.82) is 10.5 Å². The standard InChI is InChI=1S/C13H9BrN6/c14-11-7-17-20(9-11)8-10-1-3-12(4-2-10)18-19-13(5-15)6-16/h1-4,7,9,18H,8H2. The van der Waals surface area contributed by atoms with E-state index in [2.05, 4.69) is 31.6 Å². The molecule has 0 saturated heterocycles. The highest BCUT2D eigenvalue weighted by atomic mass is 79.9. The number of hydrazone groups is 1. The Morgan fingerprint density at radius 3 is 2.55 bits per heavy atom. The number of anilines is 1. The number of benzene rings is 1. The monoisotopic (exact) mass is 328 g/mol. The maximum absolute atomic E-state index is 8.56. The predicted molar refractivity (Wildman–Crippen MR) is 77.8 cm³/mol. The third-order valence-corrected chi connectivity index (χ3v) is 2.82. The van der Waals surface area contributed by atoms with Crippen molar-refractivity contribution in [2.24, 2.45) is 5.10 Å². The topological polar surface area (TPSA) is 89.8 Å². The van der Waals surface area contributed by atoms with Crippen molar-refractivity contribution in [2.45, 2.75) is 6.54 Å². The second kappa shape index (κ2) is 6.50. The predicted octanol–water partition coefficient (Wildman–Crippen LogP) is 2.51. The minimum atomic E-state index is -0.213. The van der Waals surface area contributed by atoms with Crippen LogP contribution in [0.25, 0.3) is 0 Å². The fourth-order valence-electron chi connectivity index (χ4n) is 1.49. The Labute approximate surface area is 124 Å². The summed E-state index contributed by atoms with van der Waals surface area (Å²) in [6.07, 6.45) is 3.62.